The van der Waals surface area contributed by atoms with Crippen molar-refractivity contribution in [3.63, 3.8) is 0 Å². The number of methoxy groups -OCH3 is 2. The van der Waals surface area contributed by atoms with Crippen molar-refractivity contribution in [1.82, 2.24) is 4.90 Å². The highest BCUT2D eigenvalue weighted by Crippen LogP contribution is 2.57. The SMILES string of the molecule is C=C(c1ccc(C(=O)OC2Cc3cc4c(cc3[C@@H]3[C@H](OC(=O)C(O)(CCCC(C)(C)O)CC(=O)OC)C(OC)=C[C@@]35CCCN25)OCO4)cc1)c1cc2c(cc1C)C(C)(C)CCC2(C)C. The van der Waals surface area contributed by atoms with Crippen molar-refractivity contribution >= 4 is 23.5 Å². The first-order valence-corrected chi connectivity index (χ1v) is 22.9. The zero-order valence-corrected chi connectivity index (χ0v) is 39.4. The number of ether oxygens (including phenoxy) is 6. The van der Waals surface area contributed by atoms with E-state index in [0.717, 1.165) is 47.1 Å². The van der Waals surface area contributed by atoms with E-state index in [4.69, 9.17) is 28.4 Å². The van der Waals surface area contributed by atoms with E-state index in [0.29, 0.717) is 42.2 Å². The Morgan fingerprint density at radius 1 is 0.877 bits per heavy atom. The lowest BCUT2D eigenvalue weighted by atomic mass is 9.62. The molecule has 8 rings (SSSR count). The van der Waals surface area contributed by atoms with Crippen molar-refractivity contribution in [2.45, 2.75) is 152 Å². The minimum absolute atomic E-state index is 0.0361. The highest BCUT2D eigenvalue weighted by Gasteiger charge is 2.61. The summed E-state index contributed by atoms with van der Waals surface area (Å²) in [7, 11) is 2.69. The first-order chi connectivity index (χ1) is 30.6. The van der Waals surface area contributed by atoms with Crippen molar-refractivity contribution in [3.05, 3.63) is 111 Å². The summed E-state index contributed by atoms with van der Waals surface area (Å²) in [6.07, 6.45) is 3.80. The van der Waals surface area contributed by atoms with Crippen LogP contribution in [-0.4, -0.2) is 89.7 Å². The summed E-state index contributed by atoms with van der Waals surface area (Å²) in [6, 6.07) is 15.9. The standard InChI is InChI=1S/C53H65NO11/c1-31-23-38-39(50(5,6)21-20-49(38,3)4)26-36(31)32(2)33-13-15-34(16-14-33)47(56)64-43-25-35-24-40-41(63-30-62-40)27-37(35)45-46(42(60-9)28-52(45)18-12-22-54(43)52)65-48(57)53(59,29-44(55)61-10)19-11-17-51(7,8)58/h13-16,23-24,26-28,43,45-46,58-59H,2,11-12,17-22,25,29-30H2,1,3-10H3/t43?,45-,46-,52+,53?/m1/s1. The van der Waals surface area contributed by atoms with Crippen molar-refractivity contribution < 1.29 is 53.0 Å². The second-order valence-electron chi connectivity index (χ2n) is 20.8. The largest absolute Gasteiger partial charge is 0.497 e. The van der Waals surface area contributed by atoms with E-state index in [1.54, 1.807) is 26.0 Å². The summed E-state index contributed by atoms with van der Waals surface area (Å²) in [5, 5.41) is 22.3. The van der Waals surface area contributed by atoms with E-state index in [2.05, 4.69) is 58.2 Å². The lowest BCUT2D eigenvalue weighted by Crippen LogP contribution is -2.53. The predicted molar refractivity (Wildman–Crippen MR) is 245 cm³/mol. The second kappa shape index (κ2) is 16.9. The molecule has 1 fully saturated rings. The maximum atomic E-state index is 14.3. The third-order valence-corrected chi connectivity index (χ3v) is 14.9. The molecule has 0 saturated carbocycles. The number of fused-ring (bicyclic) bond motifs is 4. The van der Waals surface area contributed by atoms with Gasteiger partial charge in [-0.2, -0.15) is 0 Å². The quantitative estimate of drug-likeness (QED) is 0.125. The van der Waals surface area contributed by atoms with E-state index in [1.807, 2.05) is 30.3 Å². The van der Waals surface area contributed by atoms with Crippen LogP contribution in [0.25, 0.3) is 5.57 Å². The number of carbonyl (C=O) groups is 3. The zero-order valence-electron chi connectivity index (χ0n) is 39.4. The van der Waals surface area contributed by atoms with Crippen LogP contribution >= 0.6 is 0 Å². The van der Waals surface area contributed by atoms with Gasteiger partial charge in [-0.3, -0.25) is 9.69 Å². The van der Waals surface area contributed by atoms with Gasteiger partial charge in [-0.15, -0.1) is 0 Å². The Morgan fingerprint density at radius 2 is 1.52 bits per heavy atom. The highest BCUT2D eigenvalue weighted by atomic mass is 16.7. The molecule has 12 nitrogen and oxygen atoms in total. The Labute approximate surface area is 382 Å². The molecular formula is C53H65NO11. The number of benzene rings is 3. The number of carbonyl (C=O) groups excluding carboxylic acids is 3. The van der Waals surface area contributed by atoms with Crippen LogP contribution in [0.1, 0.15) is 148 Å². The molecule has 3 aromatic carbocycles. The first kappa shape index (κ1) is 46.4. The Kier molecular flexibility index (Phi) is 12.1. The van der Waals surface area contributed by atoms with Crippen LogP contribution in [0.2, 0.25) is 0 Å². The summed E-state index contributed by atoms with van der Waals surface area (Å²) in [5.41, 5.74) is 4.84. The molecule has 65 heavy (non-hydrogen) atoms. The molecule has 2 N–H and O–H groups in total. The highest BCUT2D eigenvalue weighted by molar-refractivity contribution is 5.91. The Balaban J connectivity index is 1.09. The smallest absolute Gasteiger partial charge is 0.339 e. The molecule has 3 heterocycles. The molecule has 2 aliphatic carbocycles. The number of rotatable bonds is 13. The zero-order chi connectivity index (χ0) is 46.9. The monoisotopic (exact) mass is 891 g/mol. The third-order valence-electron chi connectivity index (χ3n) is 14.9. The van der Waals surface area contributed by atoms with Gasteiger partial charge in [0.2, 0.25) is 6.79 Å². The van der Waals surface area contributed by atoms with Crippen LogP contribution < -0.4 is 9.47 Å². The van der Waals surface area contributed by atoms with Crippen LogP contribution in [0, 0.1) is 6.92 Å². The van der Waals surface area contributed by atoms with Gasteiger partial charge in [-0.1, -0.05) is 58.5 Å². The topological polar surface area (TPSA) is 150 Å². The van der Waals surface area contributed by atoms with Crippen molar-refractivity contribution in [3.8, 4) is 11.5 Å². The summed E-state index contributed by atoms with van der Waals surface area (Å²) < 4.78 is 35.4. The normalized spacial score (nSPS) is 24.5. The van der Waals surface area contributed by atoms with Crippen LogP contribution in [0.15, 0.2) is 66.9 Å². The molecule has 1 saturated heterocycles. The minimum atomic E-state index is -2.25. The number of aryl methyl sites for hydroxylation is 1. The average molecular weight is 892 g/mol. The van der Waals surface area contributed by atoms with E-state index >= 15 is 0 Å². The maximum absolute atomic E-state index is 14.3. The Bertz CT molecular complexity index is 2430. The number of hydrogen-bond acceptors (Lipinski definition) is 12. The second-order valence-corrected chi connectivity index (χ2v) is 20.8. The molecule has 3 aliphatic heterocycles. The number of esters is 3. The van der Waals surface area contributed by atoms with Gasteiger partial charge in [0.1, 0.15) is 5.76 Å². The fourth-order valence-electron chi connectivity index (χ4n) is 11.0. The number of hydrogen-bond donors (Lipinski definition) is 2. The molecule has 348 valence electrons. The molecule has 5 atom stereocenters. The maximum Gasteiger partial charge on any atom is 0.339 e. The van der Waals surface area contributed by atoms with Crippen LogP contribution in [0.4, 0.5) is 0 Å². The van der Waals surface area contributed by atoms with Gasteiger partial charge in [0.25, 0.3) is 0 Å². The molecule has 0 amide bonds. The molecule has 0 bridgehead atoms. The third kappa shape index (κ3) is 8.58. The van der Waals surface area contributed by atoms with E-state index in [-0.39, 0.29) is 36.9 Å². The Hall–Kier alpha value is -5.17. The minimum Gasteiger partial charge on any atom is -0.497 e. The summed E-state index contributed by atoms with van der Waals surface area (Å²) in [5.74, 6) is -1.43. The fraction of sp³-hybridized carbons (Fsp3) is 0.528. The molecule has 0 radical (unpaired) electrons. The summed E-state index contributed by atoms with van der Waals surface area (Å²) in [4.78, 5) is 43.4. The van der Waals surface area contributed by atoms with Gasteiger partial charge < -0.3 is 38.6 Å². The van der Waals surface area contributed by atoms with Crippen LogP contribution in [-0.2, 0) is 45.8 Å². The molecule has 2 unspecified atom stereocenters. The first-order valence-electron chi connectivity index (χ1n) is 22.9. The molecule has 0 aromatic heterocycles. The van der Waals surface area contributed by atoms with Crippen molar-refractivity contribution in [1.29, 1.82) is 0 Å². The fourth-order valence-corrected chi connectivity index (χ4v) is 11.0. The van der Waals surface area contributed by atoms with Crippen molar-refractivity contribution in [2.24, 2.45) is 0 Å². The van der Waals surface area contributed by atoms with Gasteiger partial charge in [0, 0.05) is 13.0 Å². The lowest BCUT2D eigenvalue weighted by Gasteiger charge is -2.42. The van der Waals surface area contributed by atoms with Gasteiger partial charge >= 0.3 is 17.9 Å². The number of aliphatic hydroxyl groups is 2. The lowest BCUT2D eigenvalue weighted by molar-refractivity contribution is -0.179. The number of nitrogens with zero attached hydrogens (tertiary/aromatic N) is 1. The van der Waals surface area contributed by atoms with Crippen LogP contribution in [0.5, 0.6) is 11.5 Å². The van der Waals surface area contributed by atoms with Crippen LogP contribution in [0.3, 0.4) is 0 Å². The molecule has 1 spiro atoms. The summed E-state index contributed by atoms with van der Waals surface area (Å²) >= 11 is 0. The summed E-state index contributed by atoms with van der Waals surface area (Å²) in [6.45, 7) is 19.9. The van der Waals surface area contributed by atoms with Gasteiger partial charge in [-0.25, -0.2) is 9.59 Å². The molecule has 12 heteroatoms. The molecular weight excluding hydrogens is 827 g/mol. The molecule has 3 aromatic rings. The van der Waals surface area contributed by atoms with Crippen molar-refractivity contribution in [2.75, 3.05) is 27.6 Å². The predicted octanol–water partition coefficient (Wildman–Crippen LogP) is 8.48. The average Bonchev–Trinajstić information content (AvgIpc) is 3.96. The van der Waals surface area contributed by atoms with E-state index in [9.17, 15) is 24.6 Å². The van der Waals surface area contributed by atoms with Gasteiger partial charge in [-0.05, 0) is 151 Å². The van der Waals surface area contributed by atoms with E-state index < -0.39 is 59.3 Å². The molecule has 5 aliphatic rings. The van der Waals surface area contributed by atoms with E-state index in [1.165, 1.54) is 30.9 Å². The van der Waals surface area contributed by atoms with Gasteiger partial charge in [0.15, 0.2) is 29.4 Å². The van der Waals surface area contributed by atoms with Gasteiger partial charge in [0.05, 0.1) is 43.3 Å². The Morgan fingerprint density at radius 3 is 2.17 bits per heavy atom.